The highest BCUT2D eigenvalue weighted by Gasteiger charge is 2.15. The molecule has 0 fully saturated rings. The molecule has 1 aromatic rings. The lowest BCUT2D eigenvalue weighted by atomic mass is 10.0. The number of benzene rings is 1. The van der Waals surface area contributed by atoms with E-state index in [-0.39, 0.29) is 29.9 Å². The minimum atomic E-state index is -1.14. The Balaban J connectivity index is 2.57. The minimum Gasteiger partial charge on any atom is -0.478 e. The normalized spacial score (nSPS) is 9.68. The van der Waals surface area contributed by atoms with Crippen molar-refractivity contribution in [1.29, 1.82) is 0 Å². The number of Topliss-reactive ketones (excluding diaryl/α,β-unsaturated/α-hetero) is 1. The van der Waals surface area contributed by atoms with Crippen LogP contribution in [0.3, 0.4) is 0 Å². The summed E-state index contributed by atoms with van der Waals surface area (Å²) in [5.74, 6) is -1.96. The summed E-state index contributed by atoms with van der Waals surface area (Å²) in [5.41, 5.74) is 0.153. The van der Waals surface area contributed by atoms with E-state index in [0.29, 0.717) is 6.42 Å². The summed E-state index contributed by atoms with van der Waals surface area (Å²) in [7, 11) is 0. The number of carbonyl (C=O) groups excluding carboxylic acids is 2. The fourth-order valence-corrected chi connectivity index (χ4v) is 1.51. The van der Waals surface area contributed by atoms with Crippen LogP contribution in [0.4, 0.5) is 0 Å². The topological polar surface area (TPSA) is 80.7 Å². The maximum Gasteiger partial charge on any atom is 0.336 e. The first-order valence-electron chi connectivity index (χ1n) is 5.71. The van der Waals surface area contributed by atoms with Crippen LogP contribution in [0.5, 0.6) is 0 Å². The van der Waals surface area contributed by atoms with E-state index in [0.717, 1.165) is 6.08 Å². The summed E-state index contributed by atoms with van der Waals surface area (Å²) in [5, 5.41) is 8.96. The first-order valence-corrected chi connectivity index (χ1v) is 5.71. The summed E-state index contributed by atoms with van der Waals surface area (Å²) in [6.07, 6.45) is 1.50. The minimum absolute atomic E-state index is 0.0180. The third-order valence-corrected chi connectivity index (χ3v) is 2.42. The molecule has 0 aliphatic carbocycles. The number of ether oxygens (including phenoxy) is 1. The lowest BCUT2D eigenvalue weighted by Gasteiger charge is -2.05. The molecule has 1 aromatic carbocycles. The van der Waals surface area contributed by atoms with Crippen LogP contribution in [0.15, 0.2) is 36.9 Å². The summed E-state index contributed by atoms with van der Waals surface area (Å²) < 4.78 is 4.73. The van der Waals surface area contributed by atoms with Crippen molar-refractivity contribution in [2.45, 2.75) is 12.8 Å². The van der Waals surface area contributed by atoms with Crippen LogP contribution in [0.25, 0.3) is 0 Å². The van der Waals surface area contributed by atoms with Gasteiger partial charge in [0.25, 0.3) is 0 Å². The number of ketones is 1. The fraction of sp³-hybridized carbons (Fsp3) is 0.214. The van der Waals surface area contributed by atoms with Crippen LogP contribution >= 0.6 is 0 Å². The number of carboxylic acids is 1. The van der Waals surface area contributed by atoms with Gasteiger partial charge in [-0.05, 0) is 12.5 Å². The Labute approximate surface area is 110 Å². The molecular weight excluding hydrogens is 248 g/mol. The number of esters is 1. The van der Waals surface area contributed by atoms with Crippen molar-refractivity contribution in [3.63, 3.8) is 0 Å². The third kappa shape index (κ3) is 4.39. The monoisotopic (exact) mass is 262 g/mol. The quantitative estimate of drug-likeness (QED) is 0.352. The predicted molar refractivity (Wildman–Crippen MR) is 68.1 cm³/mol. The Hall–Kier alpha value is -2.43. The Morgan fingerprint density at radius 3 is 2.42 bits per heavy atom. The first-order chi connectivity index (χ1) is 9.06. The van der Waals surface area contributed by atoms with Crippen LogP contribution in [-0.2, 0) is 9.53 Å². The van der Waals surface area contributed by atoms with Crippen molar-refractivity contribution in [2.24, 2.45) is 0 Å². The fourth-order valence-electron chi connectivity index (χ4n) is 1.51. The second-order valence-electron chi connectivity index (χ2n) is 3.75. The molecule has 0 aromatic heterocycles. The smallest absolute Gasteiger partial charge is 0.336 e. The zero-order valence-electron chi connectivity index (χ0n) is 10.3. The molecule has 100 valence electrons. The maximum absolute atomic E-state index is 11.9. The van der Waals surface area contributed by atoms with Gasteiger partial charge in [0.1, 0.15) is 0 Å². The van der Waals surface area contributed by atoms with Gasteiger partial charge in [0.15, 0.2) is 5.78 Å². The highest BCUT2D eigenvalue weighted by atomic mass is 16.5. The van der Waals surface area contributed by atoms with Crippen molar-refractivity contribution in [3.05, 3.63) is 48.0 Å². The third-order valence-electron chi connectivity index (χ3n) is 2.42. The van der Waals surface area contributed by atoms with Crippen molar-refractivity contribution in [3.8, 4) is 0 Å². The Bertz CT molecular complexity index is 504. The SMILES string of the molecule is C=CC(=O)OCCCC(=O)c1ccccc1C(=O)O. The predicted octanol–water partition coefficient (Wildman–Crippen LogP) is 2.08. The van der Waals surface area contributed by atoms with Gasteiger partial charge in [-0.2, -0.15) is 0 Å². The van der Waals surface area contributed by atoms with E-state index in [1.165, 1.54) is 12.1 Å². The number of hydrogen-bond acceptors (Lipinski definition) is 4. The molecule has 5 heteroatoms. The van der Waals surface area contributed by atoms with Gasteiger partial charge in [-0.1, -0.05) is 24.8 Å². The lowest BCUT2D eigenvalue weighted by Crippen LogP contribution is -2.10. The molecule has 1 N–H and O–H groups in total. The number of carboxylic acid groups (broad SMARTS) is 1. The summed E-state index contributed by atoms with van der Waals surface area (Å²) in [4.78, 5) is 33.6. The number of aromatic carboxylic acids is 1. The Kier molecular flexibility index (Phi) is 5.47. The second-order valence-corrected chi connectivity index (χ2v) is 3.75. The van der Waals surface area contributed by atoms with Gasteiger partial charge in [0.2, 0.25) is 0 Å². The second kappa shape index (κ2) is 7.10. The molecule has 0 unspecified atom stereocenters. The van der Waals surface area contributed by atoms with Crippen LogP contribution < -0.4 is 0 Å². The van der Waals surface area contributed by atoms with Crippen molar-refractivity contribution < 1.29 is 24.2 Å². The molecule has 0 saturated heterocycles. The van der Waals surface area contributed by atoms with Gasteiger partial charge in [-0.3, -0.25) is 4.79 Å². The van der Waals surface area contributed by atoms with Crippen molar-refractivity contribution in [1.82, 2.24) is 0 Å². The van der Waals surface area contributed by atoms with Crippen LogP contribution in [0.2, 0.25) is 0 Å². The van der Waals surface area contributed by atoms with Crippen LogP contribution in [0.1, 0.15) is 33.6 Å². The van der Waals surface area contributed by atoms with Gasteiger partial charge in [-0.15, -0.1) is 0 Å². The van der Waals surface area contributed by atoms with E-state index >= 15 is 0 Å². The average molecular weight is 262 g/mol. The average Bonchev–Trinajstić information content (AvgIpc) is 2.42. The molecule has 5 nitrogen and oxygen atoms in total. The Morgan fingerprint density at radius 1 is 1.21 bits per heavy atom. The molecule has 0 amide bonds. The van der Waals surface area contributed by atoms with E-state index < -0.39 is 11.9 Å². The number of hydrogen-bond donors (Lipinski definition) is 1. The zero-order valence-corrected chi connectivity index (χ0v) is 10.3. The molecule has 19 heavy (non-hydrogen) atoms. The number of carbonyl (C=O) groups is 3. The standard InChI is InChI=1S/C14H14O5/c1-2-13(16)19-9-5-8-12(15)10-6-3-4-7-11(10)14(17)18/h2-4,6-7H,1,5,8-9H2,(H,17,18). The molecule has 0 spiro atoms. The van der Waals surface area contributed by atoms with Gasteiger partial charge >= 0.3 is 11.9 Å². The van der Waals surface area contributed by atoms with Gasteiger partial charge in [0.05, 0.1) is 12.2 Å². The molecule has 0 saturated carbocycles. The maximum atomic E-state index is 11.9. The molecule has 0 radical (unpaired) electrons. The summed E-state index contributed by atoms with van der Waals surface area (Å²) in [6.45, 7) is 3.35. The zero-order chi connectivity index (χ0) is 14.3. The van der Waals surface area contributed by atoms with E-state index in [9.17, 15) is 14.4 Å². The molecule has 0 bridgehead atoms. The summed E-state index contributed by atoms with van der Waals surface area (Å²) in [6, 6.07) is 6.03. The highest BCUT2D eigenvalue weighted by molar-refractivity contribution is 6.05. The largest absolute Gasteiger partial charge is 0.478 e. The van der Waals surface area contributed by atoms with E-state index in [2.05, 4.69) is 6.58 Å². The van der Waals surface area contributed by atoms with E-state index in [1.807, 2.05) is 0 Å². The lowest BCUT2D eigenvalue weighted by molar-refractivity contribution is -0.137. The van der Waals surface area contributed by atoms with Crippen molar-refractivity contribution in [2.75, 3.05) is 6.61 Å². The van der Waals surface area contributed by atoms with Crippen molar-refractivity contribution >= 4 is 17.7 Å². The molecule has 0 aliphatic rings. The van der Waals surface area contributed by atoms with Gasteiger partial charge < -0.3 is 9.84 Å². The molecule has 0 atom stereocenters. The Morgan fingerprint density at radius 2 is 1.84 bits per heavy atom. The molecule has 0 aliphatic heterocycles. The molecule has 1 rings (SSSR count). The van der Waals surface area contributed by atoms with E-state index in [4.69, 9.17) is 9.84 Å². The molecule has 0 heterocycles. The highest BCUT2D eigenvalue weighted by Crippen LogP contribution is 2.12. The number of rotatable bonds is 7. The summed E-state index contributed by atoms with van der Waals surface area (Å²) >= 11 is 0. The van der Waals surface area contributed by atoms with Crippen LogP contribution in [0, 0.1) is 0 Å². The van der Waals surface area contributed by atoms with Gasteiger partial charge in [-0.25, -0.2) is 9.59 Å². The van der Waals surface area contributed by atoms with Crippen LogP contribution in [-0.4, -0.2) is 29.4 Å². The van der Waals surface area contributed by atoms with Gasteiger partial charge in [0, 0.05) is 18.1 Å². The first kappa shape index (κ1) is 14.6. The molecular formula is C14H14O5. The van der Waals surface area contributed by atoms with E-state index in [1.54, 1.807) is 12.1 Å².